The normalized spacial score (nSPS) is 19.4. The number of sulfonamides is 1. The summed E-state index contributed by atoms with van der Waals surface area (Å²) in [6.07, 6.45) is 1.18. The van der Waals surface area contributed by atoms with E-state index in [1.165, 1.54) is 33.6 Å². The van der Waals surface area contributed by atoms with Crippen LogP contribution in [-0.2, 0) is 26.2 Å². The summed E-state index contributed by atoms with van der Waals surface area (Å²) in [5.41, 5.74) is 0.763. The van der Waals surface area contributed by atoms with Gasteiger partial charge in [0.1, 0.15) is 5.60 Å². The Kier molecular flexibility index (Phi) is 5.13. The SMILES string of the molecule is N#Cc1ccc(S(=O)(=O)N2CCC3(CC2)CC(=O)N(Cc2ccccc2)O3)cc1. The molecule has 2 aromatic carbocycles. The summed E-state index contributed by atoms with van der Waals surface area (Å²) in [4.78, 5) is 18.7. The largest absolute Gasteiger partial charge is 0.272 e. The van der Waals surface area contributed by atoms with Crippen molar-refractivity contribution in [1.82, 2.24) is 9.37 Å². The number of hydrogen-bond acceptors (Lipinski definition) is 5. The van der Waals surface area contributed by atoms with Gasteiger partial charge in [0.15, 0.2) is 0 Å². The lowest BCUT2D eigenvalue weighted by atomic mass is 9.89. The molecule has 150 valence electrons. The molecular weight excluding hydrogens is 390 g/mol. The predicted molar refractivity (Wildman–Crippen MR) is 105 cm³/mol. The van der Waals surface area contributed by atoms with Crippen LogP contribution < -0.4 is 0 Å². The molecule has 0 aliphatic carbocycles. The minimum Gasteiger partial charge on any atom is -0.272 e. The molecule has 4 rings (SSSR count). The monoisotopic (exact) mass is 411 g/mol. The van der Waals surface area contributed by atoms with Crippen molar-refractivity contribution in [2.75, 3.05) is 13.1 Å². The van der Waals surface area contributed by atoms with Crippen LogP contribution in [0.3, 0.4) is 0 Å². The highest BCUT2D eigenvalue weighted by Crippen LogP contribution is 2.38. The van der Waals surface area contributed by atoms with Gasteiger partial charge in [0.25, 0.3) is 0 Å². The zero-order chi connectivity index (χ0) is 20.5. The maximum absolute atomic E-state index is 12.9. The van der Waals surface area contributed by atoms with E-state index in [-0.39, 0.29) is 30.3 Å². The maximum Gasteiger partial charge on any atom is 0.249 e. The summed E-state index contributed by atoms with van der Waals surface area (Å²) in [5.74, 6) is -0.0720. The minimum atomic E-state index is -3.64. The van der Waals surface area contributed by atoms with E-state index >= 15 is 0 Å². The summed E-state index contributed by atoms with van der Waals surface area (Å²) in [6, 6.07) is 17.5. The Morgan fingerprint density at radius 3 is 2.31 bits per heavy atom. The zero-order valence-electron chi connectivity index (χ0n) is 15.8. The van der Waals surface area contributed by atoms with Crippen molar-refractivity contribution in [2.24, 2.45) is 0 Å². The van der Waals surface area contributed by atoms with Crippen LogP contribution in [-0.4, -0.2) is 42.4 Å². The van der Waals surface area contributed by atoms with Gasteiger partial charge in [-0.2, -0.15) is 9.57 Å². The Balaban J connectivity index is 1.42. The molecule has 2 heterocycles. The fourth-order valence-corrected chi connectivity index (χ4v) is 5.24. The van der Waals surface area contributed by atoms with E-state index in [0.29, 0.717) is 24.9 Å². The molecule has 0 atom stereocenters. The van der Waals surface area contributed by atoms with Crippen molar-refractivity contribution in [3.63, 3.8) is 0 Å². The van der Waals surface area contributed by atoms with E-state index in [0.717, 1.165) is 5.56 Å². The van der Waals surface area contributed by atoms with Gasteiger partial charge in [-0.1, -0.05) is 30.3 Å². The summed E-state index contributed by atoms with van der Waals surface area (Å²) in [6.45, 7) is 0.957. The molecule has 2 aliphatic heterocycles. The van der Waals surface area contributed by atoms with Crippen LogP contribution in [0.2, 0.25) is 0 Å². The summed E-state index contributed by atoms with van der Waals surface area (Å²) in [5, 5.41) is 10.3. The number of amides is 1. The van der Waals surface area contributed by atoms with Crippen LogP contribution >= 0.6 is 0 Å². The van der Waals surface area contributed by atoms with Crippen molar-refractivity contribution in [2.45, 2.75) is 36.3 Å². The summed E-state index contributed by atoms with van der Waals surface area (Å²) >= 11 is 0. The van der Waals surface area contributed by atoms with Gasteiger partial charge < -0.3 is 0 Å². The van der Waals surface area contributed by atoms with Crippen LogP contribution in [0.15, 0.2) is 59.5 Å². The Morgan fingerprint density at radius 2 is 1.69 bits per heavy atom. The van der Waals surface area contributed by atoms with Gasteiger partial charge in [-0.15, -0.1) is 0 Å². The van der Waals surface area contributed by atoms with Gasteiger partial charge in [0.05, 0.1) is 29.5 Å². The smallest absolute Gasteiger partial charge is 0.249 e. The quantitative estimate of drug-likeness (QED) is 0.771. The third kappa shape index (κ3) is 3.90. The number of carbonyl (C=O) groups excluding carboxylic acids is 1. The van der Waals surface area contributed by atoms with Gasteiger partial charge in [-0.25, -0.2) is 13.5 Å². The first-order valence-corrected chi connectivity index (χ1v) is 10.9. The first-order chi connectivity index (χ1) is 13.9. The first-order valence-electron chi connectivity index (χ1n) is 9.46. The number of rotatable bonds is 4. The Bertz CT molecular complexity index is 1040. The molecule has 0 saturated carbocycles. The Morgan fingerprint density at radius 1 is 1.03 bits per heavy atom. The fraction of sp³-hybridized carbons (Fsp3) is 0.333. The molecule has 2 fully saturated rings. The van der Waals surface area contributed by atoms with Gasteiger partial charge in [-0.3, -0.25) is 9.63 Å². The summed E-state index contributed by atoms with van der Waals surface area (Å²) in [7, 11) is -3.64. The van der Waals surface area contributed by atoms with Crippen molar-refractivity contribution in [3.05, 3.63) is 65.7 Å². The lowest BCUT2D eigenvalue weighted by molar-refractivity contribution is -0.212. The number of hydrogen-bond donors (Lipinski definition) is 0. The number of piperidine rings is 1. The highest BCUT2D eigenvalue weighted by Gasteiger charge is 2.48. The Labute approximate surface area is 170 Å². The van der Waals surface area contributed by atoms with E-state index in [1.807, 2.05) is 36.4 Å². The van der Waals surface area contributed by atoms with Crippen molar-refractivity contribution < 1.29 is 18.0 Å². The molecular formula is C21H21N3O4S. The average Bonchev–Trinajstić information content (AvgIpc) is 3.03. The molecule has 8 heteroatoms. The van der Waals surface area contributed by atoms with Crippen LogP contribution in [0, 0.1) is 11.3 Å². The van der Waals surface area contributed by atoms with E-state index in [4.69, 9.17) is 10.1 Å². The molecule has 2 aliphatic rings. The molecule has 29 heavy (non-hydrogen) atoms. The second-order valence-electron chi connectivity index (χ2n) is 7.41. The van der Waals surface area contributed by atoms with E-state index in [9.17, 15) is 13.2 Å². The lowest BCUT2D eigenvalue weighted by Crippen LogP contribution is -2.46. The average molecular weight is 411 g/mol. The molecule has 2 saturated heterocycles. The van der Waals surface area contributed by atoms with Crippen LogP contribution in [0.25, 0.3) is 0 Å². The predicted octanol–water partition coefficient (Wildman–Crippen LogP) is 2.45. The van der Waals surface area contributed by atoms with Gasteiger partial charge >= 0.3 is 0 Å². The molecule has 1 amide bonds. The van der Waals surface area contributed by atoms with Crippen LogP contribution in [0.5, 0.6) is 0 Å². The number of benzene rings is 2. The molecule has 0 aromatic heterocycles. The minimum absolute atomic E-state index is 0.0720. The molecule has 0 unspecified atom stereocenters. The van der Waals surface area contributed by atoms with Crippen molar-refractivity contribution in [1.29, 1.82) is 5.26 Å². The van der Waals surface area contributed by atoms with Gasteiger partial charge in [0.2, 0.25) is 15.9 Å². The molecule has 2 aromatic rings. The number of nitriles is 1. The van der Waals surface area contributed by atoms with Crippen molar-refractivity contribution in [3.8, 4) is 6.07 Å². The molecule has 7 nitrogen and oxygen atoms in total. The fourth-order valence-electron chi connectivity index (χ4n) is 3.80. The Hall–Kier alpha value is -2.73. The summed E-state index contributed by atoms with van der Waals surface area (Å²) < 4.78 is 27.2. The zero-order valence-corrected chi connectivity index (χ0v) is 16.6. The standard InChI is InChI=1S/C21H21N3O4S/c22-15-17-6-8-19(9-7-17)29(26,27)23-12-10-21(11-13-23)14-20(25)24(28-21)16-18-4-2-1-3-5-18/h1-9H,10-14,16H2. The third-order valence-corrected chi connectivity index (χ3v) is 7.39. The lowest BCUT2D eigenvalue weighted by Gasteiger charge is -2.37. The number of nitrogens with zero attached hydrogens (tertiary/aromatic N) is 3. The second kappa shape index (κ2) is 7.59. The second-order valence-corrected chi connectivity index (χ2v) is 9.35. The van der Waals surface area contributed by atoms with E-state index in [1.54, 1.807) is 0 Å². The van der Waals surface area contributed by atoms with Crippen molar-refractivity contribution >= 4 is 15.9 Å². The molecule has 1 spiro atoms. The van der Waals surface area contributed by atoms with Crippen LogP contribution in [0.1, 0.15) is 30.4 Å². The topological polar surface area (TPSA) is 90.7 Å². The van der Waals surface area contributed by atoms with E-state index < -0.39 is 15.6 Å². The number of carbonyl (C=O) groups is 1. The highest BCUT2D eigenvalue weighted by molar-refractivity contribution is 7.89. The van der Waals surface area contributed by atoms with E-state index in [2.05, 4.69) is 0 Å². The molecule has 0 bridgehead atoms. The third-order valence-electron chi connectivity index (χ3n) is 5.48. The highest BCUT2D eigenvalue weighted by atomic mass is 32.2. The van der Waals surface area contributed by atoms with Crippen LogP contribution in [0.4, 0.5) is 0 Å². The number of hydroxylamine groups is 2. The van der Waals surface area contributed by atoms with Gasteiger partial charge in [0, 0.05) is 13.1 Å². The maximum atomic E-state index is 12.9. The molecule has 0 N–H and O–H groups in total. The van der Waals surface area contributed by atoms with Gasteiger partial charge in [-0.05, 0) is 42.7 Å². The first kappa shape index (κ1) is 19.6. The molecule has 0 radical (unpaired) electrons.